The van der Waals surface area contributed by atoms with E-state index in [0.29, 0.717) is 5.92 Å². The minimum atomic E-state index is -0.421. The summed E-state index contributed by atoms with van der Waals surface area (Å²) in [6.45, 7) is 5.22. The SMILES string of the molecule is CCCC(O)(CCC)C1CCOC2(CCC2)C1. The second kappa shape index (κ2) is 5.27. The van der Waals surface area contributed by atoms with Crippen molar-refractivity contribution in [2.75, 3.05) is 6.61 Å². The van der Waals surface area contributed by atoms with Crippen molar-refractivity contribution in [3.63, 3.8) is 0 Å². The third-order valence-corrected chi connectivity index (χ3v) is 4.88. The molecule has 17 heavy (non-hydrogen) atoms. The van der Waals surface area contributed by atoms with Gasteiger partial charge in [-0.05, 0) is 50.9 Å². The zero-order valence-electron chi connectivity index (χ0n) is 11.5. The third-order valence-electron chi connectivity index (χ3n) is 4.88. The largest absolute Gasteiger partial charge is 0.390 e. The minimum absolute atomic E-state index is 0.165. The molecule has 1 heterocycles. The molecule has 0 aromatic carbocycles. The van der Waals surface area contributed by atoms with Gasteiger partial charge in [-0.15, -0.1) is 0 Å². The fraction of sp³-hybridized carbons (Fsp3) is 1.00. The Hall–Kier alpha value is -0.0800. The molecular formula is C15H28O2. The highest BCUT2D eigenvalue weighted by Gasteiger charge is 2.47. The molecule has 2 fully saturated rings. The molecule has 1 unspecified atom stereocenters. The molecule has 2 nitrogen and oxygen atoms in total. The molecule has 0 aromatic rings. The maximum absolute atomic E-state index is 10.9. The summed E-state index contributed by atoms with van der Waals surface area (Å²) in [7, 11) is 0. The molecule has 1 atom stereocenters. The van der Waals surface area contributed by atoms with E-state index >= 15 is 0 Å². The topological polar surface area (TPSA) is 29.5 Å². The van der Waals surface area contributed by atoms with Crippen molar-refractivity contribution in [3.05, 3.63) is 0 Å². The van der Waals surface area contributed by atoms with Crippen molar-refractivity contribution < 1.29 is 9.84 Å². The third kappa shape index (κ3) is 2.68. The smallest absolute Gasteiger partial charge is 0.0686 e. The Labute approximate surface area is 106 Å². The van der Waals surface area contributed by atoms with Gasteiger partial charge < -0.3 is 9.84 Å². The number of hydrogen-bond donors (Lipinski definition) is 1. The van der Waals surface area contributed by atoms with E-state index in [0.717, 1.165) is 45.1 Å². The Morgan fingerprint density at radius 1 is 1.24 bits per heavy atom. The predicted octanol–water partition coefficient (Wildman–Crippen LogP) is 3.67. The summed E-state index contributed by atoms with van der Waals surface area (Å²) >= 11 is 0. The summed E-state index contributed by atoms with van der Waals surface area (Å²) in [5, 5.41) is 10.9. The highest BCUT2D eigenvalue weighted by atomic mass is 16.5. The van der Waals surface area contributed by atoms with Crippen molar-refractivity contribution in [3.8, 4) is 0 Å². The average Bonchev–Trinajstić information content (AvgIpc) is 2.28. The Bertz CT molecular complexity index is 239. The second-order valence-electron chi connectivity index (χ2n) is 6.18. The summed E-state index contributed by atoms with van der Waals surface area (Å²) in [6.07, 6.45) is 10.00. The van der Waals surface area contributed by atoms with E-state index in [2.05, 4.69) is 13.8 Å². The molecule has 0 bridgehead atoms. The molecule has 100 valence electrons. The predicted molar refractivity (Wildman–Crippen MR) is 70.0 cm³/mol. The Kier molecular flexibility index (Phi) is 4.14. The monoisotopic (exact) mass is 240 g/mol. The first-order valence-electron chi connectivity index (χ1n) is 7.50. The normalized spacial score (nSPS) is 28.1. The molecule has 1 saturated heterocycles. The van der Waals surface area contributed by atoms with Crippen LogP contribution in [0.2, 0.25) is 0 Å². The second-order valence-corrected chi connectivity index (χ2v) is 6.18. The van der Waals surface area contributed by atoms with Gasteiger partial charge in [-0.3, -0.25) is 0 Å². The summed E-state index contributed by atoms with van der Waals surface area (Å²) < 4.78 is 5.97. The van der Waals surface area contributed by atoms with Crippen LogP contribution in [0.4, 0.5) is 0 Å². The summed E-state index contributed by atoms with van der Waals surface area (Å²) in [6, 6.07) is 0. The van der Waals surface area contributed by atoms with Crippen LogP contribution in [0.15, 0.2) is 0 Å². The van der Waals surface area contributed by atoms with E-state index in [1.54, 1.807) is 0 Å². The fourth-order valence-electron chi connectivity index (χ4n) is 3.81. The van der Waals surface area contributed by atoms with E-state index in [1.807, 2.05) is 0 Å². The van der Waals surface area contributed by atoms with Gasteiger partial charge in [0.25, 0.3) is 0 Å². The van der Waals surface area contributed by atoms with Crippen LogP contribution in [0.5, 0.6) is 0 Å². The Morgan fingerprint density at radius 2 is 1.88 bits per heavy atom. The molecule has 1 N–H and O–H groups in total. The average molecular weight is 240 g/mol. The van der Waals surface area contributed by atoms with Crippen LogP contribution in [-0.2, 0) is 4.74 Å². The van der Waals surface area contributed by atoms with Gasteiger partial charge in [-0.25, -0.2) is 0 Å². The van der Waals surface area contributed by atoms with Crippen LogP contribution < -0.4 is 0 Å². The molecule has 1 aliphatic heterocycles. The van der Waals surface area contributed by atoms with Gasteiger partial charge in [0.1, 0.15) is 0 Å². The van der Waals surface area contributed by atoms with E-state index in [9.17, 15) is 5.11 Å². The quantitative estimate of drug-likeness (QED) is 0.794. The number of aliphatic hydroxyl groups is 1. The zero-order valence-corrected chi connectivity index (χ0v) is 11.5. The lowest BCUT2D eigenvalue weighted by Gasteiger charge is -2.51. The first-order chi connectivity index (χ1) is 8.14. The highest BCUT2D eigenvalue weighted by molar-refractivity contribution is 4.99. The van der Waals surface area contributed by atoms with Crippen LogP contribution in [0.25, 0.3) is 0 Å². The first kappa shape index (κ1) is 13.4. The molecule has 2 rings (SSSR count). The lowest BCUT2D eigenvalue weighted by Crippen LogP contribution is -2.51. The van der Waals surface area contributed by atoms with Crippen molar-refractivity contribution in [1.82, 2.24) is 0 Å². The van der Waals surface area contributed by atoms with Gasteiger partial charge in [0.15, 0.2) is 0 Å². The van der Waals surface area contributed by atoms with Crippen LogP contribution in [0.1, 0.15) is 71.6 Å². The van der Waals surface area contributed by atoms with Crippen molar-refractivity contribution >= 4 is 0 Å². The van der Waals surface area contributed by atoms with E-state index in [1.165, 1.54) is 19.3 Å². The van der Waals surface area contributed by atoms with Crippen molar-refractivity contribution in [2.24, 2.45) is 5.92 Å². The van der Waals surface area contributed by atoms with Crippen molar-refractivity contribution in [1.29, 1.82) is 0 Å². The van der Waals surface area contributed by atoms with Gasteiger partial charge in [0.2, 0.25) is 0 Å². The minimum Gasteiger partial charge on any atom is -0.390 e. The maximum Gasteiger partial charge on any atom is 0.0686 e. The summed E-state index contributed by atoms with van der Waals surface area (Å²) in [4.78, 5) is 0. The fourth-order valence-corrected chi connectivity index (χ4v) is 3.81. The Balaban J connectivity index is 2.02. The van der Waals surface area contributed by atoms with Crippen molar-refractivity contribution in [2.45, 2.75) is 82.8 Å². The van der Waals surface area contributed by atoms with Gasteiger partial charge in [-0.1, -0.05) is 26.7 Å². The molecule has 0 aromatic heterocycles. The molecule has 2 heteroatoms. The highest BCUT2D eigenvalue weighted by Crippen LogP contribution is 2.48. The maximum atomic E-state index is 10.9. The van der Waals surface area contributed by atoms with Crippen LogP contribution in [-0.4, -0.2) is 22.9 Å². The van der Waals surface area contributed by atoms with Gasteiger partial charge in [0, 0.05) is 6.61 Å². The molecule has 1 saturated carbocycles. The molecule has 1 aliphatic carbocycles. The molecule has 2 aliphatic rings. The Morgan fingerprint density at radius 3 is 2.35 bits per heavy atom. The molecule has 0 radical (unpaired) electrons. The van der Waals surface area contributed by atoms with E-state index in [-0.39, 0.29) is 5.60 Å². The van der Waals surface area contributed by atoms with Gasteiger partial charge in [0.05, 0.1) is 11.2 Å². The van der Waals surface area contributed by atoms with Crippen LogP contribution in [0, 0.1) is 5.92 Å². The molecular weight excluding hydrogens is 212 g/mol. The summed E-state index contributed by atoms with van der Waals surface area (Å²) in [5.41, 5.74) is -0.256. The van der Waals surface area contributed by atoms with E-state index in [4.69, 9.17) is 4.74 Å². The molecule has 1 spiro atoms. The zero-order chi connectivity index (χ0) is 12.4. The summed E-state index contributed by atoms with van der Waals surface area (Å²) in [5.74, 6) is 0.469. The van der Waals surface area contributed by atoms with Crippen LogP contribution in [0.3, 0.4) is 0 Å². The van der Waals surface area contributed by atoms with Gasteiger partial charge >= 0.3 is 0 Å². The standard InChI is InChI=1S/C15H28O2/c1-3-7-15(16,8-4-2)13-6-11-17-14(12-13)9-5-10-14/h13,16H,3-12H2,1-2H3. The number of ether oxygens (including phenoxy) is 1. The molecule has 0 amide bonds. The van der Waals surface area contributed by atoms with Gasteiger partial charge in [-0.2, -0.15) is 0 Å². The lowest BCUT2D eigenvalue weighted by atomic mass is 9.66. The van der Waals surface area contributed by atoms with Crippen LogP contribution >= 0.6 is 0 Å². The van der Waals surface area contributed by atoms with E-state index < -0.39 is 5.60 Å². The first-order valence-corrected chi connectivity index (χ1v) is 7.50. The lowest BCUT2D eigenvalue weighted by molar-refractivity contribution is -0.178. The number of hydrogen-bond acceptors (Lipinski definition) is 2. The number of rotatable bonds is 5.